The Kier molecular flexibility index (Phi) is 4.32. The molecule has 0 saturated carbocycles. The molecule has 0 aliphatic rings. The number of benzene rings is 1. The van der Waals surface area contributed by atoms with Crippen LogP contribution in [0.3, 0.4) is 0 Å². The lowest BCUT2D eigenvalue weighted by Crippen LogP contribution is -2.10. The fraction of sp³-hybridized carbons (Fsp3) is 0.357. The highest BCUT2D eigenvalue weighted by molar-refractivity contribution is 6.33. The number of nitrogens with zero attached hydrogens (tertiary/aromatic N) is 3. The second-order valence-electron chi connectivity index (χ2n) is 4.55. The fourth-order valence-electron chi connectivity index (χ4n) is 1.97. The van der Waals surface area contributed by atoms with Gasteiger partial charge in [-0.2, -0.15) is 5.10 Å². The lowest BCUT2D eigenvalue weighted by atomic mass is 10.2. The molecule has 0 atom stereocenters. The quantitative estimate of drug-likeness (QED) is 0.911. The van der Waals surface area contributed by atoms with Crippen molar-refractivity contribution in [2.75, 3.05) is 24.3 Å². The molecule has 0 amide bonds. The molecule has 0 aliphatic carbocycles. The molecule has 2 rings (SSSR count). The van der Waals surface area contributed by atoms with Crippen LogP contribution < -0.4 is 10.2 Å². The van der Waals surface area contributed by atoms with E-state index in [1.807, 2.05) is 54.1 Å². The van der Waals surface area contributed by atoms with E-state index in [9.17, 15) is 0 Å². The van der Waals surface area contributed by atoms with Crippen molar-refractivity contribution in [3.8, 4) is 0 Å². The number of rotatable bonds is 5. The van der Waals surface area contributed by atoms with E-state index in [2.05, 4.69) is 17.3 Å². The first-order valence-corrected chi connectivity index (χ1v) is 6.71. The molecule has 0 unspecified atom stereocenters. The van der Waals surface area contributed by atoms with Gasteiger partial charge in [-0.1, -0.05) is 11.6 Å². The van der Waals surface area contributed by atoms with Crippen LogP contribution in [-0.2, 0) is 13.1 Å². The summed E-state index contributed by atoms with van der Waals surface area (Å²) in [6.45, 7) is 3.70. The van der Waals surface area contributed by atoms with Gasteiger partial charge in [0, 0.05) is 32.5 Å². The summed E-state index contributed by atoms with van der Waals surface area (Å²) in [5.41, 5.74) is 3.19. The molecular weight excluding hydrogens is 260 g/mol. The third-order valence-corrected chi connectivity index (χ3v) is 3.31. The highest BCUT2D eigenvalue weighted by atomic mass is 35.5. The van der Waals surface area contributed by atoms with Gasteiger partial charge in [-0.25, -0.2) is 0 Å². The monoisotopic (exact) mass is 278 g/mol. The van der Waals surface area contributed by atoms with Gasteiger partial charge in [-0.05, 0) is 31.2 Å². The summed E-state index contributed by atoms with van der Waals surface area (Å²) in [5.74, 6) is 0. The summed E-state index contributed by atoms with van der Waals surface area (Å²) in [6, 6.07) is 8.02. The lowest BCUT2D eigenvalue weighted by molar-refractivity contribution is 0.627. The molecule has 5 heteroatoms. The van der Waals surface area contributed by atoms with E-state index in [0.717, 1.165) is 35.2 Å². The summed E-state index contributed by atoms with van der Waals surface area (Å²) in [4.78, 5) is 2.00. The van der Waals surface area contributed by atoms with E-state index in [0.29, 0.717) is 0 Å². The topological polar surface area (TPSA) is 33.1 Å². The highest BCUT2D eigenvalue weighted by Crippen LogP contribution is 2.27. The van der Waals surface area contributed by atoms with E-state index in [1.54, 1.807) is 0 Å². The van der Waals surface area contributed by atoms with E-state index < -0.39 is 0 Å². The minimum atomic E-state index is 0.742. The second kappa shape index (κ2) is 5.97. The van der Waals surface area contributed by atoms with Gasteiger partial charge in [-0.15, -0.1) is 0 Å². The highest BCUT2D eigenvalue weighted by Gasteiger charge is 2.05. The molecule has 4 nitrogen and oxygen atoms in total. The van der Waals surface area contributed by atoms with Crippen LogP contribution in [-0.4, -0.2) is 23.9 Å². The summed E-state index contributed by atoms with van der Waals surface area (Å²) < 4.78 is 1.97. The van der Waals surface area contributed by atoms with Crippen LogP contribution in [0.15, 0.2) is 30.5 Å². The fourth-order valence-corrected chi connectivity index (χ4v) is 2.32. The number of aryl methyl sites for hydroxylation is 1. The number of nitrogens with one attached hydrogen (secondary N) is 1. The molecule has 19 heavy (non-hydrogen) atoms. The number of hydrogen-bond acceptors (Lipinski definition) is 3. The predicted octanol–water partition coefficient (Wildman–Crippen LogP) is 3.23. The van der Waals surface area contributed by atoms with Crippen molar-refractivity contribution in [1.82, 2.24) is 9.78 Å². The number of halogens is 1. The zero-order chi connectivity index (χ0) is 13.8. The van der Waals surface area contributed by atoms with Gasteiger partial charge in [0.15, 0.2) is 0 Å². The molecular formula is C14H19ClN4. The molecule has 0 spiro atoms. The van der Waals surface area contributed by atoms with E-state index >= 15 is 0 Å². The molecule has 2 aromatic rings. The smallest absolute Gasteiger partial charge is 0.0659 e. The van der Waals surface area contributed by atoms with Crippen molar-refractivity contribution in [1.29, 1.82) is 0 Å². The normalized spacial score (nSPS) is 10.5. The maximum atomic E-state index is 6.24. The Balaban J connectivity index is 2.06. The zero-order valence-corrected chi connectivity index (χ0v) is 12.3. The Morgan fingerprint density at radius 1 is 1.32 bits per heavy atom. The van der Waals surface area contributed by atoms with Crippen molar-refractivity contribution in [2.24, 2.45) is 0 Å². The van der Waals surface area contributed by atoms with Gasteiger partial charge in [0.25, 0.3) is 0 Å². The maximum absolute atomic E-state index is 6.24. The minimum Gasteiger partial charge on any atom is -0.379 e. The summed E-state index contributed by atoms with van der Waals surface area (Å²) in [6.07, 6.45) is 1.82. The van der Waals surface area contributed by atoms with Crippen molar-refractivity contribution < 1.29 is 0 Å². The first-order chi connectivity index (χ1) is 9.11. The SMILES string of the molecule is CCn1nccc1CNc1ccc(N(C)C)c(Cl)c1. The minimum absolute atomic E-state index is 0.742. The van der Waals surface area contributed by atoms with Gasteiger partial charge in [-0.3, -0.25) is 4.68 Å². The average molecular weight is 279 g/mol. The van der Waals surface area contributed by atoms with Crippen LogP contribution in [0.25, 0.3) is 0 Å². The molecule has 102 valence electrons. The number of aromatic nitrogens is 2. The van der Waals surface area contributed by atoms with Crippen molar-refractivity contribution in [2.45, 2.75) is 20.0 Å². The average Bonchev–Trinajstić information content (AvgIpc) is 2.83. The molecule has 0 fully saturated rings. The molecule has 0 radical (unpaired) electrons. The standard InChI is InChI=1S/C14H19ClN4/c1-4-19-12(7-8-17-19)10-16-11-5-6-14(18(2)3)13(15)9-11/h5-9,16H,4,10H2,1-3H3. The van der Waals surface area contributed by atoms with Crippen LogP contribution in [0.4, 0.5) is 11.4 Å². The van der Waals surface area contributed by atoms with Crippen LogP contribution in [0.1, 0.15) is 12.6 Å². The zero-order valence-electron chi connectivity index (χ0n) is 11.5. The molecule has 0 saturated heterocycles. The Labute approximate surface area is 119 Å². The number of anilines is 2. The van der Waals surface area contributed by atoms with Gasteiger partial charge in [0.2, 0.25) is 0 Å². The Morgan fingerprint density at radius 3 is 2.74 bits per heavy atom. The van der Waals surface area contributed by atoms with Gasteiger partial charge in [0.1, 0.15) is 0 Å². The largest absolute Gasteiger partial charge is 0.379 e. The van der Waals surface area contributed by atoms with Gasteiger partial charge in [0.05, 0.1) is 22.9 Å². The Bertz CT molecular complexity index is 548. The van der Waals surface area contributed by atoms with Crippen molar-refractivity contribution in [3.63, 3.8) is 0 Å². The summed E-state index contributed by atoms with van der Waals surface area (Å²) >= 11 is 6.24. The maximum Gasteiger partial charge on any atom is 0.0659 e. The summed E-state index contributed by atoms with van der Waals surface area (Å²) in [5, 5.41) is 8.36. The first kappa shape index (κ1) is 13.7. The molecule has 1 heterocycles. The van der Waals surface area contributed by atoms with E-state index in [4.69, 9.17) is 11.6 Å². The van der Waals surface area contributed by atoms with Gasteiger partial charge >= 0.3 is 0 Å². The molecule has 0 bridgehead atoms. The molecule has 1 aromatic carbocycles. The lowest BCUT2D eigenvalue weighted by Gasteiger charge is -2.16. The van der Waals surface area contributed by atoms with Crippen LogP contribution in [0.5, 0.6) is 0 Å². The van der Waals surface area contributed by atoms with Crippen molar-refractivity contribution >= 4 is 23.0 Å². The van der Waals surface area contributed by atoms with E-state index in [1.165, 1.54) is 0 Å². The van der Waals surface area contributed by atoms with Crippen LogP contribution in [0, 0.1) is 0 Å². The van der Waals surface area contributed by atoms with Crippen LogP contribution in [0.2, 0.25) is 5.02 Å². The predicted molar refractivity (Wildman–Crippen MR) is 81.0 cm³/mol. The van der Waals surface area contributed by atoms with Crippen molar-refractivity contribution in [3.05, 3.63) is 41.2 Å². The molecule has 1 N–H and O–H groups in total. The van der Waals surface area contributed by atoms with Gasteiger partial charge < -0.3 is 10.2 Å². The van der Waals surface area contributed by atoms with E-state index in [-0.39, 0.29) is 0 Å². The second-order valence-corrected chi connectivity index (χ2v) is 4.96. The third kappa shape index (κ3) is 3.20. The third-order valence-electron chi connectivity index (χ3n) is 3.01. The molecule has 1 aromatic heterocycles. The Hall–Kier alpha value is -1.68. The molecule has 0 aliphatic heterocycles. The Morgan fingerprint density at radius 2 is 2.11 bits per heavy atom. The van der Waals surface area contributed by atoms with Crippen LogP contribution >= 0.6 is 11.6 Å². The summed E-state index contributed by atoms with van der Waals surface area (Å²) in [7, 11) is 3.96. The number of hydrogen-bond donors (Lipinski definition) is 1. The first-order valence-electron chi connectivity index (χ1n) is 6.33.